The van der Waals surface area contributed by atoms with Gasteiger partial charge in [0, 0.05) is 47.1 Å². The van der Waals surface area contributed by atoms with Gasteiger partial charge in [0.05, 0.1) is 34.7 Å². The van der Waals surface area contributed by atoms with E-state index in [0.29, 0.717) is 23.6 Å². The Labute approximate surface area is 311 Å². The number of ether oxygens (including phenoxy) is 2. The zero-order valence-corrected chi connectivity index (χ0v) is 30.4. The zero-order chi connectivity index (χ0) is 36.1. The summed E-state index contributed by atoms with van der Waals surface area (Å²) in [6, 6.07) is 34.5. The van der Waals surface area contributed by atoms with Crippen LogP contribution in [0.1, 0.15) is 38.8 Å². The third-order valence-electron chi connectivity index (χ3n) is 8.55. The monoisotopic (exact) mass is 762 g/mol. The number of hydrogen-bond donors (Lipinski definition) is 2. The van der Waals surface area contributed by atoms with Gasteiger partial charge in [0.2, 0.25) is 10.0 Å². The Bertz CT molecular complexity index is 2260. The number of nitrogens with zero attached hydrogens (tertiary/aromatic N) is 1. The maximum Gasteiger partial charge on any atom is 0.339 e. The van der Waals surface area contributed by atoms with E-state index in [-0.39, 0.29) is 45.4 Å². The van der Waals surface area contributed by atoms with Gasteiger partial charge < -0.3 is 19.1 Å². The molecular weight excluding hydrogens is 731 g/mol. The number of hydrogen-bond acceptors (Lipinski definition) is 5. The van der Waals surface area contributed by atoms with Gasteiger partial charge in [0.25, 0.3) is 0 Å². The molecule has 6 aromatic rings. The molecule has 0 saturated heterocycles. The summed E-state index contributed by atoms with van der Waals surface area (Å²) >= 11 is 18.8. The highest BCUT2D eigenvalue weighted by Gasteiger charge is 2.26. The second-order valence-electron chi connectivity index (χ2n) is 11.7. The van der Waals surface area contributed by atoms with Crippen LogP contribution in [0, 0.1) is 0 Å². The molecule has 51 heavy (non-hydrogen) atoms. The number of carboxylic acids is 1. The molecule has 0 saturated carbocycles. The predicted octanol–water partition coefficient (Wildman–Crippen LogP) is 9.09. The fraction of sp³-hybridized carbons (Fsp3) is 0.154. The molecule has 5 aromatic carbocycles. The van der Waals surface area contributed by atoms with Crippen LogP contribution in [0.3, 0.4) is 0 Å². The van der Waals surface area contributed by atoms with Gasteiger partial charge in [-0.2, -0.15) is 0 Å². The van der Waals surface area contributed by atoms with Gasteiger partial charge in [-0.15, -0.1) is 0 Å². The molecule has 0 aliphatic heterocycles. The Morgan fingerprint density at radius 1 is 0.824 bits per heavy atom. The molecule has 6 rings (SSSR count). The standard InChI is InChI=1S/C39H33Cl3N2O6S/c1-49-37-23-28(13-15-31(37)39(45)46)50-21-19-30-32-22-27(40)12-17-35(32)44(38(25-8-4-2-5-9-25)26-10-6-3-7-11-26)36(30)18-20-43-51(47,48)29-14-16-33(41)34(42)24-29/h2-17,22-24,38,43H,18-21H2,1H3,(H,45,46). The molecule has 0 fully saturated rings. The predicted molar refractivity (Wildman–Crippen MR) is 202 cm³/mol. The molecule has 0 radical (unpaired) electrons. The van der Waals surface area contributed by atoms with Crippen molar-refractivity contribution in [3.8, 4) is 11.5 Å². The maximum atomic E-state index is 13.4. The van der Waals surface area contributed by atoms with Gasteiger partial charge in [-0.1, -0.05) is 95.5 Å². The average Bonchev–Trinajstić information content (AvgIpc) is 3.41. The zero-order valence-electron chi connectivity index (χ0n) is 27.4. The quantitative estimate of drug-likeness (QED) is 0.115. The summed E-state index contributed by atoms with van der Waals surface area (Å²) in [7, 11) is -2.52. The van der Waals surface area contributed by atoms with Crippen molar-refractivity contribution in [1.82, 2.24) is 9.29 Å². The maximum absolute atomic E-state index is 13.4. The van der Waals surface area contributed by atoms with Crippen molar-refractivity contribution in [2.24, 2.45) is 0 Å². The fourth-order valence-electron chi connectivity index (χ4n) is 6.25. The number of halogens is 3. The van der Waals surface area contributed by atoms with E-state index < -0.39 is 16.0 Å². The molecule has 8 nitrogen and oxygen atoms in total. The molecule has 0 amide bonds. The summed E-state index contributed by atoms with van der Waals surface area (Å²) in [6.45, 7) is 0.301. The Hall–Kier alpha value is -4.51. The summed E-state index contributed by atoms with van der Waals surface area (Å²) in [6.07, 6.45) is 0.748. The molecule has 1 heterocycles. The molecule has 262 valence electrons. The van der Waals surface area contributed by atoms with E-state index in [1.165, 1.54) is 31.4 Å². The summed E-state index contributed by atoms with van der Waals surface area (Å²) in [5, 5.41) is 11.4. The Morgan fingerprint density at radius 3 is 2.14 bits per heavy atom. The largest absolute Gasteiger partial charge is 0.496 e. The van der Waals surface area contributed by atoms with Crippen molar-refractivity contribution in [1.29, 1.82) is 0 Å². The number of sulfonamides is 1. The highest BCUT2D eigenvalue weighted by atomic mass is 35.5. The van der Waals surface area contributed by atoms with Crippen LogP contribution in [-0.2, 0) is 22.9 Å². The molecular formula is C39H33Cl3N2O6S. The van der Waals surface area contributed by atoms with Crippen molar-refractivity contribution in [2.75, 3.05) is 20.3 Å². The van der Waals surface area contributed by atoms with Gasteiger partial charge >= 0.3 is 5.97 Å². The second kappa shape index (κ2) is 15.8. The van der Waals surface area contributed by atoms with E-state index in [1.807, 2.05) is 54.6 Å². The first-order valence-corrected chi connectivity index (χ1v) is 18.6. The lowest BCUT2D eigenvalue weighted by molar-refractivity contribution is 0.0693. The topological polar surface area (TPSA) is 107 Å². The molecule has 0 aliphatic rings. The molecule has 0 bridgehead atoms. The third-order valence-corrected chi connectivity index (χ3v) is 11.0. The summed E-state index contributed by atoms with van der Waals surface area (Å²) in [5.41, 5.74) is 4.86. The molecule has 1 aromatic heterocycles. The minimum absolute atomic E-state index is 0.00800. The number of benzene rings is 5. The number of aromatic carboxylic acids is 1. The van der Waals surface area contributed by atoms with Gasteiger partial charge in [0.1, 0.15) is 17.1 Å². The summed E-state index contributed by atoms with van der Waals surface area (Å²) < 4.78 is 43.2. The van der Waals surface area contributed by atoms with Crippen molar-refractivity contribution >= 4 is 61.7 Å². The number of aromatic nitrogens is 1. The van der Waals surface area contributed by atoms with Crippen LogP contribution in [0.4, 0.5) is 0 Å². The number of carbonyl (C=O) groups is 1. The Morgan fingerprint density at radius 2 is 1.51 bits per heavy atom. The smallest absolute Gasteiger partial charge is 0.339 e. The van der Waals surface area contributed by atoms with Crippen LogP contribution in [-0.4, -0.2) is 44.3 Å². The lowest BCUT2D eigenvalue weighted by Crippen LogP contribution is -2.27. The third kappa shape index (κ3) is 8.03. The van der Waals surface area contributed by atoms with Gasteiger partial charge in [-0.05, 0) is 65.2 Å². The van der Waals surface area contributed by atoms with Crippen molar-refractivity contribution in [2.45, 2.75) is 23.8 Å². The first-order chi connectivity index (χ1) is 24.6. The number of carboxylic acid groups (broad SMARTS) is 1. The van der Waals surface area contributed by atoms with Crippen molar-refractivity contribution in [3.05, 3.63) is 158 Å². The van der Waals surface area contributed by atoms with Crippen LogP contribution in [0.2, 0.25) is 15.1 Å². The van der Waals surface area contributed by atoms with E-state index in [0.717, 1.165) is 33.3 Å². The highest BCUT2D eigenvalue weighted by Crippen LogP contribution is 2.38. The highest BCUT2D eigenvalue weighted by molar-refractivity contribution is 7.89. The lowest BCUT2D eigenvalue weighted by atomic mass is 9.97. The van der Waals surface area contributed by atoms with E-state index in [9.17, 15) is 18.3 Å². The Balaban J connectivity index is 1.43. The molecule has 2 N–H and O–H groups in total. The van der Waals surface area contributed by atoms with E-state index in [2.05, 4.69) is 33.6 Å². The van der Waals surface area contributed by atoms with Gasteiger partial charge in [-0.3, -0.25) is 0 Å². The molecule has 0 atom stereocenters. The van der Waals surface area contributed by atoms with E-state index in [1.54, 1.807) is 12.1 Å². The van der Waals surface area contributed by atoms with Crippen LogP contribution >= 0.6 is 34.8 Å². The number of rotatable bonds is 14. The van der Waals surface area contributed by atoms with E-state index >= 15 is 0 Å². The molecule has 0 unspecified atom stereocenters. The van der Waals surface area contributed by atoms with Gasteiger partial charge in [0.15, 0.2) is 0 Å². The minimum Gasteiger partial charge on any atom is -0.496 e. The van der Waals surface area contributed by atoms with E-state index in [4.69, 9.17) is 44.3 Å². The van der Waals surface area contributed by atoms with Crippen molar-refractivity contribution < 1.29 is 27.8 Å². The summed E-state index contributed by atoms with van der Waals surface area (Å²) in [4.78, 5) is 11.6. The SMILES string of the molecule is COc1cc(OCCc2c(CCNS(=O)(=O)c3ccc(Cl)c(Cl)c3)n(C(c3ccccc3)c3ccccc3)c3ccc(Cl)cc23)ccc1C(=O)O. The first kappa shape index (κ1) is 36.3. The van der Waals surface area contributed by atoms with Crippen molar-refractivity contribution in [3.63, 3.8) is 0 Å². The number of fused-ring (bicyclic) bond motifs is 1. The first-order valence-electron chi connectivity index (χ1n) is 16.0. The lowest BCUT2D eigenvalue weighted by Gasteiger charge is -2.25. The van der Waals surface area contributed by atoms with Crippen LogP contribution < -0.4 is 14.2 Å². The van der Waals surface area contributed by atoms with Crippen LogP contribution in [0.25, 0.3) is 10.9 Å². The number of nitrogens with one attached hydrogen (secondary N) is 1. The fourth-order valence-corrected chi connectivity index (χ4v) is 7.85. The molecule has 12 heteroatoms. The molecule has 0 aliphatic carbocycles. The normalized spacial score (nSPS) is 11.6. The molecule has 0 spiro atoms. The van der Waals surface area contributed by atoms with Crippen LogP contribution in [0.5, 0.6) is 11.5 Å². The van der Waals surface area contributed by atoms with Gasteiger partial charge in [-0.25, -0.2) is 17.9 Å². The average molecular weight is 764 g/mol. The Kier molecular flexibility index (Phi) is 11.2. The summed E-state index contributed by atoms with van der Waals surface area (Å²) in [5.74, 6) is -0.471. The minimum atomic E-state index is -3.93. The second-order valence-corrected chi connectivity index (χ2v) is 14.7. The number of methoxy groups -OCH3 is 1. The van der Waals surface area contributed by atoms with Crippen LogP contribution in [0.15, 0.2) is 120 Å².